The average molecular weight is 359 g/mol. The van der Waals surface area contributed by atoms with Crippen molar-refractivity contribution in [3.05, 3.63) is 59.4 Å². The minimum atomic E-state index is -0.885. The van der Waals surface area contributed by atoms with Crippen LogP contribution in [0, 0.1) is 11.6 Å². The SMILES string of the molecule is O=C(Nc1ccc(F)cc1F)c1cccc(C(=O)NC2CCCCC2)n1. The molecule has 2 aromatic rings. The quantitative estimate of drug-likeness (QED) is 0.875. The molecule has 1 aromatic heterocycles. The highest BCUT2D eigenvalue weighted by Gasteiger charge is 2.19. The Morgan fingerprint density at radius 3 is 2.35 bits per heavy atom. The van der Waals surface area contributed by atoms with E-state index in [1.54, 1.807) is 6.07 Å². The highest BCUT2D eigenvalue weighted by atomic mass is 19.1. The van der Waals surface area contributed by atoms with Gasteiger partial charge in [-0.25, -0.2) is 13.8 Å². The molecule has 5 nitrogen and oxygen atoms in total. The molecule has 1 heterocycles. The van der Waals surface area contributed by atoms with E-state index < -0.39 is 17.5 Å². The van der Waals surface area contributed by atoms with Gasteiger partial charge in [-0.05, 0) is 37.1 Å². The molecule has 3 rings (SSSR count). The van der Waals surface area contributed by atoms with Crippen molar-refractivity contribution in [1.29, 1.82) is 0 Å². The lowest BCUT2D eigenvalue weighted by molar-refractivity contribution is 0.0922. The molecule has 1 aromatic carbocycles. The minimum Gasteiger partial charge on any atom is -0.348 e. The van der Waals surface area contributed by atoms with Crippen molar-refractivity contribution in [2.45, 2.75) is 38.1 Å². The van der Waals surface area contributed by atoms with Crippen molar-refractivity contribution < 1.29 is 18.4 Å². The Kier molecular flexibility index (Phi) is 5.55. The van der Waals surface area contributed by atoms with Crippen molar-refractivity contribution in [1.82, 2.24) is 10.3 Å². The first kappa shape index (κ1) is 18.0. The summed E-state index contributed by atoms with van der Waals surface area (Å²) in [4.78, 5) is 28.6. The van der Waals surface area contributed by atoms with Gasteiger partial charge in [0.25, 0.3) is 11.8 Å². The normalized spacial score (nSPS) is 14.7. The number of hydrogen-bond donors (Lipinski definition) is 2. The van der Waals surface area contributed by atoms with Gasteiger partial charge >= 0.3 is 0 Å². The molecule has 136 valence electrons. The summed E-state index contributed by atoms with van der Waals surface area (Å²) in [5, 5.41) is 5.26. The molecule has 26 heavy (non-hydrogen) atoms. The summed E-state index contributed by atoms with van der Waals surface area (Å²) in [6.45, 7) is 0. The predicted molar refractivity (Wildman–Crippen MR) is 92.9 cm³/mol. The summed E-state index contributed by atoms with van der Waals surface area (Å²) in [5.41, 5.74) is -0.0527. The molecule has 0 saturated heterocycles. The summed E-state index contributed by atoms with van der Waals surface area (Å²) in [7, 11) is 0. The van der Waals surface area contributed by atoms with E-state index in [0.29, 0.717) is 6.07 Å². The van der Waals surface area contributed by atoms with Crippen LogP contribution < -0.4 is 10.6 Å². The number of halogens is 2. The minimum absolute atomic E-state index is 0.0231. The molecule has 1 fully saturated rings. The van der Waals surface area contributed by atoms with Crippen LogP contribution in [0.4, 0.5) is 14.5 Å². The van der Waals surface area contributed by atoms with Gasteiger partial charge in [-0.3, -0.25) is 9.59 Å². The summed E-state index contributed by atoms with van der Waals surface area (Å²) in [5.74, 6) is -2.63. The second-order valence-corrected chi connectivity index (χ2v) is 6.29. The monoisotopic (exact) mass is 359 g/mol. The first-order valence-corrected chi connectivity index (χ1v) is 8.57. The molecule has 0 atom stereocenters. The van der Waals surface area contributed by atoms with Crippen molar-refractivity contribution in [3.63, 3.8) is 0 Å². The number of aromatic nitrogens is 1. The number of benzene rings is 1. The van der Waals surface area contributed by atoms with Crippen LogP contribution in [-0.2, 0) is 0 Å². The van der Waals surface area contributed by atoms with Gasteiger partial charge in [0.05, 0.1) is 5.69 Å². The van der Waals surface area contributed by atoms with Gasteiger partial charge in [-0.2, -0.15) is 0 Å². The summed E-state index contributed by atoms with van der Waals surface area (Å²) in [6, 6.07) is 7.46. The first-order chi connectivity index (χ1) is 12.5. The van der Waals surface area contributed by atoms with Crippen LogP contribution in [0.15, 0.2) is 36.4 Å². The second kappa shape index (κ2) is 8.03. The molecule has 0 radical (unpaired) electrons. The first-order valence-electron chi connectivity index (χ1n) is 8.57. The van der Waals surface area contributed by atoms with E-state index in [0.717, 1.165) is 37.8 Å². The molecule has 1 aliphatic rings. The number of anilines is 1. The van der Waals surface area contributed by atoms with E-state index in [9.17, 15) is 18.4 Å². The van der Waals surface area contributed by atoms with Crippen LogP contribution in [0.5, 0.6) is 0 Å². The van der Waals surface area contributed by atoms with Crippen LogP contribution in [-0.4, -0.2) is 22.8 Å². The van der Waals surface area contributed by atoms with Crippen LogP contribution in [0.25, 0.3) is 0 Å². The molecular formula is C19H19F2N3O2. The Labute approximate surface area is 149 Å². The zero-order chi connectivity index (χ0) is 18.5. The molecule has 1 aliphatic carbocycles. The van der Waals surface area contributed by atoms with Gasteiger partial charge in [-0.1, -0.05) is 25.3 Å². The highest BCUT2D eigenvalue weighted by molar-refractivity contribution is 6.03. The Balaban J connectivity index is 1.69. The average Bonchev–Trinajstić information content (AvgIpc) is 2.65. The number of pyridine rings is 1. The number of hydrogen-bond acceptors (Lipinski definition) is 3. The fourth-order valence-corrected chi connectivity index (χ4v) is 2.97. The van der Waals surface area contributed by atoms with Crippen LogP contribution in [0.1, 0.15) is 53.1 Å². The number of nitrogens with zero attached hydrogens (tertiary/aromatic N) is 1. The maximum atomic E-state index is 13.7. The summed E-state index contributed by atoms with van der Waals surface area (Å²) in [6.07, 6.45) is 5.24. The molecule has 0 bridgehead atoms. The third kappa shape index (κ3) is 4.41. The molecule has 2 amide bonds. The van der Waals surface area contributed by atoms with Crippen molar-refractivity contribution in [3.8, 4) is 0 Å². The Morgan fingerprint density at radius 1 is 0.962 bits per heavy atom. The maximum Gasteiger partial charge on any atom is 0.274 e. The van der Waals surface area contributed by atoms with Crippen LogP contribution in [0.2, 0.25) is 0 Å². The van der Waals surface area contributed by atoms with E-state index >= 15 is 0 Å². The van der Waals surface area contributed by atoms with Gasteiger partial charge in [0.2, 0.25) is 0 Å². The second-order valence-electron chi connectivity index (χ2n) is 6.29. The Hall–Kier alpha value is -2.83. The van der Waals surface area contributed by atoms with Gasteiger partial charge in [0, 0.05) is 12.1 Å². The van der Waals surface area contributed by atoms with Gasteiger partial charge in [0.1, 0.15) is 23.0 Å². The molecule has 2 N–H and O–H groups in total. The summed E-state index contributed by atoms with van der Waals surface area (Å²) < 4.78 is 26.6. The van der Waals surface area contributed by atoms with Gasteiger partial charge in [0.15, 0.2) is 0 Å². The third-order valence-electron chi connectivity index (χ3n) is 4.33. The van der Waals surface area contributed by atoms with Crippen molar-refractivity contribution in [2.24, 2.45) is 0 Å². The maximum absolute atomic E-state index is 13.7. The van der Waals surface area contributed by atoms with Crippen LogP contribution in [0.3, 0.4) is 0 Å². The van der Waals surface area contributed by atoms with E-state index in [1.165, 1.54) is 18.6 Å². The lowest BCUT2D eigenvalue weighted by Crippen LogP contribution is -2.36. The summed E-state index contributed by atoms with van der Waals surface area (Å²) >= 11 is 0. The zero-order valence-electron chi connectivity index (χ0n) is 14.1. The fourth-order valence-electron chi connectivity index (χ4n) is 2.97. The van der Waals surface area contributed by atoms with E-state index in [2.05, 4.69) is 15.6 Å². The zero-order valence-corrected chi connectivity index (χ0v) is 14.1. The topological polar surface area (TPSA) is 71.1 Å². The molecule has 0 spiro atoms. The predicted octanol–water partition coefficient (Wildman–Crippen LogP) is 3.67. The number of rotatable bonds is 4. The molecule has 0 unspecified atom stereocenters. The standard InChI is InChI=1S/C19H19F2N3O2/c20-12-9-10-15(14(21)11-12)24-19(26)17-8-4-7-16(23-17)18(25)22-13-5-2-1-3-6-13/h4,7-11,13H,1-3,5-6H2,(H,22,25)(H,24,26). The molecule has 0 aliphatic heterocycles. The number of amides is 2. The molecule has 7 heteroatoms. The van der Waals surface area contributed by atoms with E-state index in [-0.39, 0.29) is 29.0 Å². The molecule has 1 saturated carbocycles. The van der Waals surface area contributed by atoms with Crippen LogP contribution >= 0.6 is 0 Å². The smallest absolute Gasteiger partial charge is 0.274 e. The fraction of sp³-hybridized carbons (Fsp3) is 0.316. The third-order valence-corrected chi connectivity index (χ3v) is 4.33. The van der Waals surface area contributed by atoms with E-state index in [4.69, 9.17) is 0 Å². The number of carbonyl (C=O) groups excluding carboxylic acids is 2. The largest absolute Gasteiger partial charge is 0.348 e. The lowest BCUT2D eigenvalue weighted by Gasteiger charge is -2.22. The number of nitrogens with one attached hydrogen (secondary N) is 2. The highest BCUT2D eigenvalue weighted by Crippen LogP contribution is 2.18. The van der Waals surface area contributed by atoms with Crippen molar-refractivity contribution >= 4 is 17.5 Å². The lowest BCUT2D eigenvalue weighted by atomic mass is 9.95. The van der Waals surface area contributed by atoms with Gasteiger partial charge in [-0.15, -0.1) is 0 Å². The van der Waals surface area contributed by atoms with Crippen molar-refractivity contribution in [2.75, 3.05) is 5.32 Å². The number of carbonyl (C=O) groups is 2. The Bertz CT molecular complexity index is 820. The Morgan fingerprint density at radius 2 is 1.65 bits per heavy atom. The molecular weight excluding hydrogens is 340 g/mol. The van der Waals surface area contributed by atoms with Gasteiger partial charge < -0.3 is 10.6 Å². The van der Waals surface area contributed by atoms with E-state index in [1.807, 2.05) is 0 Å².